The largest absolute Gasteiger partial charge is 0.464 e. The van der Waals surface area contributed by atoms with Crippen LogP contribution in [0.25, 0.3) is 0 Å². The summed E-state index contributed by atoms with van der Waals surface area (Å²) in [6, 6.07) is 5.49. The molecule has 1 N–H and O–H groups in total. The summed E-state index contributed by atoms with van der Waals surface area (Å²) in [7, 11) is 1.25. The highest BCUT2D eigenvalue weighted by molar-refractivity contribution is 5.91. The third-order valence-corrected chi connectivity index (χ3v) is 3.94. The van der Waals surface area contributed by atoms with Gasteiger partial charge in [-0.05, 0) is 17.7 Å². The Hall–Kier alpha value is -2.51. The molecule has 6 nitrogen and oxygen atoms in total. The Morgan fingerprint density at radius 2 is 2.04 bits per heavy atom. The van der Waals surface area contributed by atoms with Gasteiger partial charge in [-0.2, -0.15) is 0 Å². The number of halogens is 1. The maximum Gasteiger partial charge on any atom is 0.360 e. The maximum atomic E-state index is 13.1. The van der Waals surface area contributed by atoms with Gasteiger partial charge in [-0.25, -0.2) is 14.2 Å². The van der Waals surface area contributed by atoms with Gasteiger partial charge in [0.1, 0.15) is 11.9 Å². The number of rotatable bonds is 3. The van der Waals surface area contributed by atoms with Gasteiger partial charge < -0.3 is 19.3 Å². The Bertz CT molecular complexity index is 804. The molecular weight excluding hydrogens is 329 g/mol. The van der Waals surface area contributed by atoms with E-state index in [4.69, 9.17) is 14.2 Å². The number of fused-ring (bicyclic) bond motifs is 1. The van der Waals surface area contributed by atoms with E-state index in [2.05, 4.69) is 4.98 Å². The number of esters is 1. The molecule has 0 saturated carbocycles. The zero-order chi connectivity index (χ0) is 18.2. The van der Waals surface area contributed by atoms with Crippen molar-refractivity contribution in [2.24, 2.45) is 0 Å². The smallest absolute Gasteiger partial charge is 0.360 e. The summed E-state index contributed by atoms with van der Waals surface area (Å²) < 4.78 is 29.2. The quantitative estimate of drug-likeness (QED) is 0.860. The minimum Gasteiger partial charge on any atom is -0.464 e. The number of aromatic nitrogens is 1. The summed E-state index contributed by atoms with van der Waals surface area (Å²) in [6.45, 7) is 3.54. The Kier molecular flexibility index (Phi) is 4.45. The van der Waals surface area contributed by atoms with Gasteiger partial charge in [0.25, 0.3) is 0 Å². The Morgan fingerprint density at radius 1 is 1.36 bits per heavy atom. The molecular formula is C18H18FNO5. The Labute approximate surface area is 144 Å². The van der Waals surface area contributed by atoms with E-state index >= 15 is 0 Å². The van der Waals surface area contributed by atoms with Gasteiger partial charge in [0.05, 0.1) is 13.7 Å². The molecule has 2 heterocycles. The second-order valence-corrected chi connectivity index (χ2v) is 6.11. The first kappa shape index (κ1) is 17.3. The summed E-state index contributed by atoms with van der Waals surface area (Å²) in [5, 5.41) is 10.7. The average Bonchev–Trinajstić information content (AvgIpc) is 2.59. The fourth-order valence-electron chi connectivity index (χ4n) is 2.63. The Balaban J connectivity index is 2.09. The highest BCUT2D eigenvalue weighted by atomic mass is 19.1. The van der Waals surface area contributed by atoms with Crippen molar-refractivity contribution >= 4 is 5.97 Å². The normalized spacial score (nSPS) is 16.5. The van der Waals surface area contributed by atoms with Gasteiger partial charge in [-0.15, -0.1) is 0 Å². The third-order valence-electron chi connectivity index (χ3n) is 3.94. The van der Waals surface area contributed by atoms with E-state index in [0.29, 0.717) is 16.7 Å². The summed E-state index contributed by atoms with van der Waals surface area (Å²) in [5.41, 5.74) is 1.43. The number of aliphatic hydroxyl groups is 1. The SMILES string of the molecule is COC(=O)c1ncc(C(O)c2ccc(F)cc2)c2c1OC(C)(C)OC2. The van der Waals surface area contributed by atoms with Gasteiger partial charge >= 0.3 is 5.97 Å². The van der Waals surface area contributed by atoms with Gasteiger partial charge in [0.2, 0.25) is 5.79 Å². The molecule has 1 atom stereocenters. The molecule has 1 aromatic heterocycles. The average molecular weight is 347 g/mol. The van der Waals surface area contributed by atoms with Crippen LogP contribution in [-0.4, -0.2) is 29.0 Å². The first-order valence-corrected chi connectivity index (χ1v) is 7.69. The van der Waals surface area contributed by atoms with Crippen LogP contribution in [0.2, 0.25) is 0 Å². The minimum atomic E-state index is -1.07. The van der Waals surface area contributed by atoms with Crippen LogP contribution < -0.4 is 4.74 Å². The highest BCUT2D eigenvalue weighted by Gasteiger charge is 2.35. The fourth-order valence-corrected chi connectivity index (χ4v) is 2.63. The highest BCUT2D eigenvalue weighted by Crippen LogP contribution is 2.39. The zero-order valence-electron chi connectivity index (χ0n) is 14.1. The molecule has 0 fully saturated rings. The third kappa shape index (κ3) is 3.33. The topological polar surface area (TPSA) is 77.9 Å². The first-order chi connectivity index (χ1) is 11.8. The molecule has 1 unspecified atom stereocenters. The number of methoxy groups -OCH3 is 1. The molecule has 0 amide bonds. The molecule has 3 rings (SSSR count). The van der Waals surface area contributed by atoms with Crippen LogP contribution in [0.3, 0.4) is 0 Å². The van der Waals surface area contributed by atoms with Crippen molar-refractivity contribution in [2.75, 3.05) is 7.11 Å². The molecule has 1 aliphatic rings. The van der Waals surface area contributed by atoms with Crippen LogP contribution in [-0.2, 0) is 16.1 Å². The fraction of sp³-hybridized carbons (Fsp3) is 0.333. The van der Waals surface area contributed by atoms with E-state index in [1.54, 1.807) is 13.8 Å². The molecule has 25 heavy (non-hydrogen) atoms. The monoisotopic (exact) mass is 347 g/mol. The van der Waals surface area contributed by atoms with Crippen LogP contribution in [0.15, 0.2) is 30.5 Å². The van der Waals surface area contributed by atoms with Crippen LogP contribution in [0.4, 0.5) is 4.39 Å². The minimum absolute atomic E-state index is 0.0175. The lowest BCUT2D eigenvalue weighted by atomic mass is 9.97. The number of hydrogen-bond donors (Lipinski definition) is 1. The molecule has 1 aromatic carbocycles. The number of carbonyl (C=O) groups is 1. The van der Waals surface area contributed by atoms with Crippen LogP contribution in [0.5, 0.6) is 5.75 Å². The van der Waals surface area contributed by atoms with Crippen molar-refractivity contribution in [2.45, 2.75) is 32.3 Å². The first-order valence-electron chi connectivity index (χ1n) is 7.69. The van der Waals surface area contributed by atoms with Crippen LogP contribution >= 0.6 is 0 Å². The van der Waals surface area contributed by atoms with Gasteiger partial charge in [0, 0.05) is 31.2 Å². The van der Waals surface area contributed by atoms with Gasteiger partial charge in [-0.3, -0.25) is 0 Å². The van der Waals surface area contributed by atoms with E-state index in [0.717, 1.165) is 0 Å². The van der Waals surface area contributed by atoms with Gasteiger partial charge in [0.15, 0.2) is 11.4 Å². The molecule has 1 aliphatic heterocycles. The van der Waals surface area contributed by atoms with Crippen molar-refractivity contribution in [3.63, 3.8) is 0 Å². The van der Waals surface area contributed by atoms with Crippen molar-refractivity contribution in [1.82, 2.24) is 4.98 Å². The number of benzene rings is 1. The number of pyridine rings is 1. The van der Waals surface area contributed by atoms with E-state index < -0.39 is 23.7 Å². The lowest BCUT2D eigenvalue weighted by Gasteiger charge is -2.34. The summed E-state index contributed by atoms with van der Waals surface area (Å²) in [5.74, 6) is -1.76. The summed E-state index contributed by atoms with van der Waals surface area (Å²) in [6.07, 6.45) is 0.311. The predicted molar refractivity (Wildman–Crippen MR) is 85.5 cm³/mol. The predicted octanol–water partition coefficient (Wildman–Crippen LogP) is 2.73. The lowest BCUT2D eigenvalue weighted by Crippen LogP contribution is -2.37. The second kappa shape index (κ2) is 6.42. The summed E-state index contributed by atoms with van der Waals surface area (Å²) in [4.78, 5) is 16.1. The molecule has 0 aliphatic carbocycles. The number of aliphatic hydroxyl groups excluding tert-OH is 1. The van der Waals surface area contributed by atoms with Crippen molar-refractivity contribution in [1.29, 1.82) is 0 Å². The van der Waals surface area contributed by atoms with Crippen molar-refractivity contribution < 1.29 is 28.5 Å². The number of hydrogen-bond acceptors (Lipinski definition) is 6. The Morgan fingerprint density at radius 3 is 2.68 bits per heavy atom. The number of ether oxygens (including phenoxy) is 3. The zero-order valence-corrected chi connectivity index (χ0v) is 14.1. The van der Waals surface area contributed by atoms with Crippen molar-refractivity contribution in [3.05, 3.63) is 58.7 Å². The van der Waals surface area contributed by atoms with Gasteiger partial charge in [-0.1, -0.05) is 12.1 Å². The van der Waals surface area contributed by atoms with E-state index in [1.165, 1.54) is 37.6 Å². The number of carbonyl (C=O) groups excluding carboxylic acids is 1. The number of nitrogens with zero attached hydrogens (tertiary/aromatic N) is 1. The molecule has 0 bridgehead atoms. The van der Waals surface area contributed by atoms with Crippen LogP contribution in [0.1, 0.15) is 47.1 Å². The van der Waals surface area contributed by atoms with E-state index in [9.17, 15) is 14.3 Å². The molecule has 0 spiro atoms. The standard InChI is InChI=1S/C18H18FNO5/c1-18(2)24-9-13-12(15(21)10-4-6-11(19)7-5-10)8-20-14(16(13)25-18)17(22)23-3/h4-8,15,21H,9H2,1-3H3. The van der Waals surface area contributed by atoms with Crippen molar-refractivity contribution in [3.8, 4) is 5.75 Å². The molecule has 2 aromatic rings. The molecule has 0 saturated heterocycles. The van der Waals surface area contributed by atoms with E-state index in [-0.39, 0.29) is 18.1 Å². The summed E-state index contributed by atoms with van der Waals surface area (Å²) >= 11 is 0. The molecule has 7 heteroatoms. The second-order valence-electron chi connectivity index (χ2n) is 6.11. The van der Waals surface area contributed by atoms with E-state index in [1.807, 2.05) is 0 Å². The van der Waals surface area contributed by atoms with Crippen LogP contribution in [0, 0.1) is 5.82 Å². The lowest BCUT2D eigenvalue weighted by molar-refractivity contribution is -0.181. The molecule has 0 radical (unpaired) electrons. The molecule has 132 valence electrons. The maximum absolute atomic E-state index is 13.1.